The Morgan fingerprint density at radius 3 is 1.55 bits per heavy atom. The second kappa shape index (κ2) is 52.0. The third kappa shape index (κ3) is 39.6. The van der Waals surface area contributed by atoms with Crippen molar-refractivity contribution in [2.24, 2.45) is 0 Å². The molecule has 0 aliphatic carbocycles. The molecule has 434 valence electrons. The van der Waals surface area contributed by atoms with Crippen molar-refractivity contribution in [3.63, 3.8) is 0 Å². The van der Waals surface area contributed by atoms with Gasteiger partial charge in [-0.15, -0.1) is 0 Å². The van der Waals surface area contributed by atoms with Gasteiger partial charge < -0.3 is 45.1 Å². The second-order valence-electron chi connectivity index (χ2n) is 20.5. The Bertz CT molecular complexity index is 1650. The highest BCUT2D eigenvalue weighted by Crippen LogP contribution is 2.26. The molecule has 11 nitrogen and oxygen atoms in total. The SMILES string of the molecule is CC\C=C/C=C/C=C/C=C\C=C\C=C\CCCCCC(=O)OC1C(OCC(NC(=O)C(O)CCCCCCCCCC/C=C\C/C=C\CCCCC)C(O)/C=C/CCCCCCCCCCCC)OC(CO)C(O)C1O. The Labute approximate surface area is 462 Å². The van der Waals surface area contributed by atoms with E-state index in [2.05, 4.69) is 62.5 Å². The summed E-state index contributed by atoms with van der Waals surface area (Å²) in [6.07, 6.45) is 59.7. The minimum absolute atomic E-state index is 0.0660. The molecule has 1 aliphatic rings. The molecule has 6 N–H and O–H groups in total. The van der Waals surface area contributed by atoms with Crippen LogP contribution in [0.1, 0.15) is 226 Å². The van der Waals surface area contributed by atoms with Gasteiger partial charge in [0, 0.05) is 6.42 Å². The van der Waals surface area contributed by atoms with Crippen molar-refractivity contribution in [3.8, 4) is 0 Å². The highest BCUT2D eigenvalue weighted by atomic mass is 16.7. The van der Waals surface area contributed by atoms with Crippen molar-refractivity contribution < 1.29 is 49.3 Å². The van der Waals surface area contributed by atoms with Crippen LogP contribution in [0.15, 0.2) is 109 Å². The molecule has 1 amide bonds. The predicted octanol–water partition coefficient (Wildman–Crippen LogP) is 14.1. The van der Waals surface area contributed by atoms with Crippen LogP contribution in [0.3, 0.4) is 0 Å². The number of carbonyl (C=O) groups excluding carboxylic acids is 2. The maximum absolute atomic E-state index is 13.4. The fourth-order valence-electron chi connectivity index (χ4n) is 8.77. The summed E-state index contributed by atoms with van der Waals surface area (Å²) < 4.78 is 17.6. The smallest absolute Gasteiger partial charge is 0.306 e. The normalized spacial score (nSPS) is 19.9. The molecule has 0 saturated carbocycles. The zero-order chi connectivity index (χ0) is 55.4. The Morgan fingerprint density at radius 2 is 1.00 bits per heavy atom. The van der Waals surface area contributed by atoms with Gasteiger partial charge in [0.25, 0.3) is 0 Å². The number of ether oxygens (including phenoxy) is 3. The molecule has 11 heteroatoms. The number of amides is 1. The van der Waals surface area contributed by atoms with Crippen molar-refractivity contribution in [3.05, 3.63) is 109 Å². The van der Waals surface area contributed by atoms with E-state index in [1.807, 2.05) is 66.8 Å². The highest BCUT2D eigenvalue weighted by molar-refractivity contribution is 5.80. The van der Waals surface area contributed by atoms with Crippen LogP contribution in [0, 0.1) is 0 Å². The first-order chi connectivity index (χ1) is 37.2. The van der Waals surface area contributed by atoms with Crippen molar-refractivity contribution in [1.82, 2.24) is 5.32 Å². The Kier molecular flexibility index (Phi) is 48.2. The summed E-state index contributed by atoms with van der Waals surface area (Å²) in [6.45, 7) is 5.58. The summed E-state index contributed by atoms with van der Waals surface area (Å²) in [5.41, 5.74) is 0. The largest absolute Gasteiger partial charge is 0.454 e. The van der Waals surface area contributed by atoms with Crippen molar-refractivity contribution in [2.75, 3.05) is 13.2 Å². The van der Waals surface area contributed by atoms with E-state index in [1.165, 1.54) is 96.3 Å². The summed E-state index contributed by atoms with van der Waals surface area (Å²) in [5, 5.41) is 56.9. The molecule has 8 atom stereocenters. The Hall–Kier alpha value is -3.68. The van der Waals surface area contributed by atoms with Crippen LogP contribution in [-0.2, 0) is 23.8 Å². The number of hydrogen-bond acceptors (Lipinski definition) is 10. The lowest BCUT2D eigenvalue weighted by atomic mass is 9.99. The highest BCUT2D eigenvalue weighted by Gasteiger charge is 2.47. The molecule has 1 saturated heterocycles. The van der Waals surface area contributed by atoms with Crippen LogP contribution in [0.2, 0.25) is 0 Å². The fourth-order valence-corrected chi connectivity index (χ4v) is 8.77. The van der Waals surface area contributed by atoms with Crippen LogP contribution >= 0.6 is 0 Å². The lowest BCUT2D eigenvalue weighted by Crippen LogP contribution is -2.61. The number of aliphatic hydroxyl groups excluding tert-OH is 5. The number of unbranched alkanes of at least 4 members (excludes halogenated alkanes) is 24. The maximum atomic E-state index is 13.4. The first-order valence-electron chi connectivity index (χ1n) is 30.2. The summed E-state index contributed by atoms with van der Waals surface area (Å²) in [7, 11) is 0. The molecule has 0 radical (unpaired) electrons. The Balaban J connectivity index is 2.74. The summed E-state index contributed by atoms with van der Waals surface area (Å²) in [6, 6.07) is -1.04. The summed E-state index contributed by atoms with van der Waals surface area (Å²) in [4.78, 5) is 26.5. The van der Waals surface area contributed by atoms with Crippen LogP contribution in [0.25, 0.3) is 0 Å². The maximum Gasteiger partial charge on any atom is 0.306 e. The average molecular weight is 1060 g/mol. The quantitative estimate of drug-likeness (QED) is 0.0149. The molecular formula is C65H109NO10. The molecule has 1 rings (SSSR count). The van der Waals surface area contributed by atoms with Crippen LogP contribution in [-0.4, -0.2) is 99.6 Å². The van der Waals surface area contributed by atoms with Gasteiger partial charge in [0.15, 0.2) is 12.4 Å². The van der Waals surface area contributed by atoms with Gasteiger partial charge in [0.1, 0.15) is 24.4 Å². The lowest BCUT2D eigenvalue weighted by molar-refractivity contribution is -0.305. The van der Waals surface area contributed by atoms with Gasteiger partial charge >= 0.3 is 5.97 Å². The molecule has 0 bridgehead atoms. The monoisotopic (exact) mass is 1060 g/mol. The molecule has 0 aromatic carbocycles. The van der Waals surface area contributed by atoms with E-state index in [9.17, 15) is 35.1 Å². The van der Waals surface area contributed by atoms with Gasteiger partial charge in [-0.05, 0) is 77.0 Å². The molecular weight excluding hydrogens is 955 g/mol. The van der Waals surface area contributed by atoms with Gasteiger partial charge in [-0.1, -0.05) is 252 Å². The minimum atomic E-state index is -1.64. The van der Waals surface area contributed by atoms with Gasteiger partial charge in [-0.2, -0.15) is 0 Å². The van der Waals surface area contributed by atoms with E-state index < -0.39 is 67.4 Å². The van der Waals surface area contributed by atoms with Crippen molar-refractivity contribution in [2.45, 2.75) is 275 Å². The molecule has 76 heavy (non-hydrogen) atoms. The lowest BCUT2D eigenvalue weighted by Gasteiger charge is -2.41. The number of allylic oxidation sites excluding steroid dienone is 17. The van der Waals surface area contributed by atoms with E-state index in [4.69, 9.17) is 14.2 Å². The number of hydrogen-bond donors (Lipinski definition) is 6. The first-order valence-corrected chi connectivity index (χ1v) is 30.2. The van der Waals surface area contributed by atoms with E-state index >= 15 is 0 Å². The molecule has 0 spiro atoms. The zero-order valence-electron chi connectivity index (χ0n) is 47.8. The average Bonchev–Trinajstić information content (AvgIpc) is 3.42. The van der Waals surface area contributed by atoms with E-state index in [1.54, 1.807) is 6.08 Å². The molecule has 1 fully saturated rings. The minimum Gasteiger partial charge on any atom is -0.454 e. The standard InChI is InChI=1S/C65H109NO10/c1-4-7-10-13-16-19-22-25-27-29-31-32-34-37-40-43-46-49-52-58(69)64(73)66-56(57(68)51-48-45-42-39-36-24-21-18-15-12-9-6-3)55-74-65-63(62(72)61(71)59(54-67)75-65)76-60(70)53-50-47-44-41-38-35-33-30-28-26-23-20-17-14-11-8-5-2/h8,11,14,16-17,19-20,23,25-28,30,33,35,38,48,51,56-59,61-63,65,67-69,71-72H,4-7,9-10,12-13,15,18,21-22,24,29,31-32,34,36-37,39-47,49-50,52-55H2,1-3H3,(H,66,73)/b11-8-,17-14+,19-16-,23-20+,27-25-,28-26-,33-30+,38-35+,51-48+. The number of rotatable bonds is 49. The third-order valence-corrected chi connectivity index (χ3v) is 13.6. The van der Waals surface area contributed by atoms with Gasteiger partial charge in [0.05, 0.1) is 25.4 Å². The summed E-state index contributed by atoms with van der Waals surface area (Å²) >= 11 is 0. The van der Waals surface area contributed by atoms with Gasteiger partial charge in [0.2, 0.25) is 5.91 Å². The van der Waals surface area contributed by atoms with Crippen LogP contribution in [0.4, 0.5) is 0 Å². The van der Waals surface area contributed by atoms with E-state index in [0.717, 1.165) is 83.5 Å². The molecule has 1 heterocycles. The second-order valence-corrected chi connectivity index (χ2v) is 20.5. The van der Waals surface area contributed by atoms with E-state index in [-0.39, 0.29) is 19.4 Å². The zero-order valence-corrected chi connectivity index (χ0v) is 47.8. The van der Waals surface area contributed by atoms with Crippen LogP contribution < -0.4 is 5.32 Å². The van der Waals surface area contributed by atoms with Crippen LogP contribution in [0.5, 0.6) is 0 Å². The Morgan fingerprint density at radius 1 is 0.539 bits per heavy atom. The molecule has 0 aromatic heterocycles. The fraction of sp³-hybridized carbons (Fsp3) is 0.692. The number of aliphatic hydroxyl groups is 5. The summed E-state index contributed by atoms with van der Waals surface area (Å²) in [5.74, 6) is -1.25. The van der Waals surface area contributed by atoms with Gasteiger partial charge in [-0.25, -0.2) is 0 Å². The van der Waals surface area contributed by atoms with Crippen molar-refractivity contribution >= 4 is 11.9 Å². The predicted molar refractivity (Wildman–Crippen MR) is 315 cm³/mol. The molecule has 0 aromatic rings. The number of esters is 1. The van der Waals surface area contributed by atoms with Gasteiger partial charge in [-0.3, -0.25) is 9.59 Å². The number of nitrogens with one attached hydrogen (secondary N) is 1. The topological polar surface area (TPSA) is 175 Å². The number of carbonyl (C=O) groups is 2. The first kappa shape index (κ1) is 70.3. The van der Waals surface area contributed by atoms with E-state index in [0.29, 0.717) is 12.8 Å². The van der Waals surface area contributed by atoms with Crippen molar-refractivity contribution in [1.29, 1.82) is 0 Å². The molecule has 1 aliphatic heterocycles. The molecule has 8 unspecified atom stereocenters. The third-order valence-electron chi connectivity index (χ3n) is 13.6.